The van der Waals surface area contributed by atoms with Crippen LogP contribution in [0.2, 0.25) is 0 Å². The predicted octanol–water partition coefficient (Wildman–Crippen LogP) is 2.24. The van der Waals surface area contributed by atoms with Gasteiger partial charge in [0.2, 0.25) is 0 Å². The number of benzene rings is 1. The summed E-state index contributed by atoms with van der Waals surface area (Å²) in [7, 11) is 0. The number of aliphatic hydroxyl groups excluding tert-OH is 1. The molecule has 0 saturated carbocycles. The minimum Gasteiger partial charge on any atom is -0.450 e. The van der Waals surface area contributed by atoms with Crippen LogP contribution in [0.25, 0.3) is 0 Å². The maximum absolute atomic E-state index is 11.3. The van der Waals surface area contributed by atoms with Crippen LogP contribution in [-0.4, -0.2) is 23.8 Å². The zero-order valence-electron chi connectivity index (χ0n) is 10.2. The minimum absolute atomic E-state index is 0.387. The molecule has 0 heterocycles. The van der Waals surface area contributed by atoms with Crippen molar-refractivity contribution in [3.63, 3.8) is 0 Å². The van der Waals surface area contributed by atoms with Crippen LogP contribution >= 0.6 is 0 Å². The largest absolute Gasteiger partial charge is 0.450 e. The number of nitrogens with one attached hydrogen (secondary N) is 1. The lowest BCUT2D eigenvalue weighted by Crippen LogP contribution is -2.37. The normalized spacial score (nSPS) is 13.8. The van der Waals surface area contributed by atoms with Crippen molar-refractivity contribution in [1.82, 2.24) is 5.32 Å². The Kier molecular flexibility index (Phi) is 5.49. The molecule has 94 valence electrons. The fourth-order valence-electron chi connectivity index (χ4n) is 1.44. The van der Waals surface area contributed by atoms with Crippen LogP contribution in [0, 0.1) is 0 Å². The fourth-order valence-corrected chi connectivity index (χ4v) is 1.44. The highest BCUT2D eigenvalue weighted by Crippen LogP contribution is 2.15. The van der Waals surface area contributed by atoms with Crippen molar-refractivity contribution < 1.29 is 14.6 Å². The Hall–Kier alpha value is -1.55. The molecule has 4 nitrogen and oxygen atoms in total. The standard InChI is InChI=1S/C13H19NO3/c1-3-9-17-13(16)14-10(2)12(15)11-7-5-4-6-8-11/h4-8,10,12,15H,3,9H2,1-2H3,(H,14,16). The zero-order valence-corrected chi connectivity index (χ0v) is 10.2. The van der Waals surface area contributed by atoms with Crippen LogP contribution in [0.3, 0.4) is 0 Å². The van der Waals surface area contributed by atoms with E-state index in [0.717, 1.165) is 12.0 Å². The van der Waals surface area contributed by atoms with E-state index in [1.807, 2.05) is 37.3 Å². The monoisotopic (exact) mass is 237 g/mol. The molecule has 4 heteroatoms. The van der Waals surface area contributed by atoms with Crippen molar-refractivity contribution in [2.24, 2.45) is 0 Å². The molecule has 0 saturated heterocycles. The van der Waals surface area contributed by atoms with Crippen molar-refractivity contribution in [3.05, 3.63) is 35.9 Å². The second-order valence-electron chi connectivity index (χ2n) is 3.92. The van der Waals surface area contributed by atoms with Gasteiger partial charge in [-0.3, -0.25) is 0 Å². The predicted molar refractivity (Wildman–Crippen MR) is 65.6 cm³/mol. The number of alkyl carbamates (subject to hydrolysis) is 1. The third-order valence-electron chi connectivity index (χ3n) is 2.40. The highest BCUT2D eigenvalue weighted by Gasteiger charge is 2.18. The van der Waals surface area contributed by atoms with Gasteiger partial charge in [-0.1, -0.05) is 37.3 Å². The van der Waals surface area contributed by atoms with Gasteiger partial charge in [0.25, 0.3) is 0 Å². The van der Waals surface area contributed by atoms with Gasteiger partial charge in [-0.05, 0) is 18.9 Å². The third kappa shape index (κ3) is 4.44. The first-order valence-corrected chi connectivity index (χ1v) is 5.81. The molecule has 1 rings (SSSR count). The van der Waals surface area contributed by atoms with Gasteiger partial charge in [-0.15, -0.1) is 0 Å². The van der Waals surface area contributed by atoms with Crippen molar-refractivity contribution >= 4 is 6.09 Å². The van der Waals surface area contributed by atoms with Crippen molar-refractivity contribution in [3.8, 4) is 0 Å². The van der Waals surface area contributed by atoms with Gasteiger partial charge in [-0.2, -0.15) is 0 Å². The molecule has 0 aromatic heterocycles. The van der Waals surface area contributed by atoms with E-state index in [-0.39, 0.29) is 6.04 Å². The van der Waals surface area contributed by atoms with Gasteiger partial charge in [0.15, 0.2) is 0 Å². The molecule has 0 bridgehead atoms. The van der Waals surface area contributed by atoms with Crippen molar-refractivity contribution in [1.29, 1.82) is 0 Å². The lowest BCUT2D eigenvalue weighted by molar-refractivity contribution is 0.110. The molecule has 0 radical (unpaired) electrons. The topological polar surface area (TPSA) is 58.6 Å². The van der Waals surface area contributed by atoms with E-state index < -0.39 is 12.2 Å². The van der Waals surface area contributed by atoms with Crippen LogP contribution < -0.4 is 5.32 Å². The summed E-state index contributed by atoms with van der Waals surface area (Å²) < 4.78 is 4.89. The number of hydrogen-bond donors (Lipinski definition) is 2. The zero-order chi connectivity index (χ0) is 12.7. The highest BCUT2D eigenvalue weighted by molar-refractivity contribution is 5.67. The number of carbonyl (C=O) groups is 1. The number of carbonyl (C=O) groups excluding carboxylic acids is 1. The van der Waals surface area contributed by atoms with E-state index in [2.05, 4.69) is 5.32 Å². The summed E-state index contributed by atoms with van der Waals surface area (Å²) in [4.78, 5) is 11.3. The summed E-state index contributed by atoms with van der Waals surface area (Å²) in [6.07, 6.45) is -0.442. The number of rotatable bonds is 5. The lowest BCUT2D eigenvalue weighted by atomic mass is 10.0. The average molecular weight is 237 g/mol. The van der Waals surface area contributed by atoms with Gasteiger partial charge in [0.05, 0.1) is 18.8 Å². The van der Waals surface area contributed by atoms with Gasteiger partial charge in [0, 0.05) is 0 Å². The molecule has 2 N–H and O–H groups in total. The smallest absolute Gasteiger partial charge is 0.407 e. The molecule has 0 aliphatic rings. The van der Waals surface area contributed by atoms with E-state index in [9.17, 15) is 9.90 Å². The Labute approximate surface area is 102 Å². The second kappa shape index (κ2) is 6.91. The van der Waals surface area contributed by atoms with E-state index in [4.69, 9.17) is 4.74 Å². The van der Waals surface area contributed by atoms with E-state index >= 15 is 0 Å². The first kappa shape index (κ1) is 13.5. The van der Waals surface area contributed by atoms with E-state index in [0.29, 0.717) is 6.61 Å². The van der Waals surface area contributed by atoms with Crippen LogP contribution in [0.5, 0.6) is 0 Å². The molecule has 0 aliphatic carbocycles. The first-order valence-electron chi connectivity index (χ1n) is 5.81. The Balaban J connectivity index is 2.47. The molecule has 2 unspecified atom stereocenters. The molecule has 17 heavy (non-hydrogen) atoms. The Bertz CT molecular complexity index is 340. The third-order valence-corrected chi connectivity index (χ3v) is 2.40. The molecule has 0 aliphatic heterocycles. The molecule has 0 spiro atoms. The Morgan fingerprint density at radius 2 is 2.06 bits per heavy atom. The van der Waals surface area contributed by atoms with Crippen LogP contribution in [-0.2, 0) is 4.74 Å². The van der Waals surface area contributed by atoms with Crippen LogP contribution in [0.1, 0.15) is 31.9 Å². The summed E-state index contributed by atoms with van der Waals surface area (Å²) in [5.41, 5.74) is 0.774. The summed E-state index contributed by atoms with van der Waals surface area (Å²) >= 11 is 0. The van der Waals surface area contributed by atoms with E-state index in [1.165, 1.54) is 0 Å². The SMILES string of the molecule is CCCOC(=O)NC(C)C(O)c1ccccc1. The molecular weight excluding hydrogens is 218 g/mol. The first-order chi connectivity index (χ1) is 8.15. The van der Waals surface area contributed by atoms with Crippen LogP contribution in [0.4, 0.5) is 4.79 Å². The molecule has 0 fully saturated rings. The van der Waals surface area contributed by atoms with Gasteiger partial charge in [-0.25, -0.2) is 4.79 Å². The maximum atomic E-state index is 11.3. The fraction of sp³-hybridized carbons (Fsp3) is 0.462. The molecule has 1 aromatic rings. The molecular formula is C13H19NO3. The quantitative estimate of drug-likeness (QED) is 0.825. The van der Waals surface area contributed by atoms with E-state index in [1.54, 1.807) is 6.92 Å². The molecule has 1 amide bonds. The van der Waals surface area contributed by atoms with Crippen LogP contribution in [0.15, 0.2) is 30.3 Å². The number of aliphatic hydroxyl groups is 1. The number of ether oxygens (including phenoxy) is 1. The van der Waals surface area contributed by atoms with Gasteiger partial charge >= 0.3 is 6.09 Å². The molecule has 2 atom stereocenters. The lowest BCUT2D eigenvalue weighted by Gasteiger charge is -2.20. The van der Waals surface area contributed by atoms with Crippen molar-refractivity contribution in [2.45, 2.75) is 32.4 Å². The maximum Gasteiger partial charge on any atom is 0.407 e. The van der Waals surface area contributed by atoms with Gasteiger partial charge in [0.1, 0.15) is 0 Å². The summed E-state index contributed by atoms with van der Waals surface area (Å²) in [6.45, 7) is 4.06. The summed E-state index contributed by atoms with van der Waals surface area (Å²) in [6, 6.07) is 8.83. The summed E-state index contributed by atoms with van der Waals surface area (Å²) in [5.74, 6) is 0. The molecule has 1 aromatic carbocycles. The Morgan fingerprint density at radius 3 is 2.65 bits per heavy atom. The average Bonchev–Trinajstić information content (AvgIpc) is 2.36. The number of hydrogen-bond acceptors (Lipinski definition) is 3. The van der Waals surface area contributed by atoms with Crippen molar-refractivity contribution in [2.75, 3.05) is 6.61 Å². The Morgan fingerprint density at radius 1 is 1.41 bits per heavy atom. The second-order valence-corrected chi connectivity index (χ2v) is 3.92. The summed E-state index contributed by atoms with van der Waals surface area (Å²) in [5, 5.41) is 12.6. The minimum atomic E-state index is -0.731. The highest BCUT2D eigenvalue weighted by atomic mass is 16.5. The number of amides is 1. The van der Waals surface area contributed by atoms with Gasteiger partial charge < -0.3 is 15.2 Å².